The fourth-order valence-electron chi connectivity index (χ4n) is 2.77. The van der Waals surface area contributed by atoms with Gasteiger partial charge in [-0.1, -0.05) is 5.11 Å². The van der Waals surface area contributed by atoms with Gasteiger partial charge in [0.05, 0.1) is 27.4 Å². The molecule has 0 aliphatic rings. The average molecular weight is 477 g/mol. The number of hydrogen-bond donors (Lipinski definition) is 2. The van der Waals surface area contributed by atoms with Crippen molar-refractivity contribution in [1.82, 2.24) is 0 Å². The maximum atomic E-state index is 11.8. The number of phenolic OH excluding ortho intramolecular Hbond substituents is 2. The minimum Gasteiger partial charge on any atom is -0.508 e. The Bertz CT molecular complexity index is 1030. The van der Waals surface area contributed by atoms with E-state index in [1.807, 2.05) is 0 Å². The number of methoxy groups -OCH3 is 3. The number of esters is 2. The Balaban J connectivity index is 0.000000380. The van der Waals surface area contributed by atoms with E-state index in [1.54, 1.807) is 26.0 Å². The molecule has 2 aromatic carbocycles. The summed E-state index contributed by atoms with van der Waals surface area (Å²) < 4.78 is 24.8. The van der Waals surface area contributed by atoms with Gasteiger partial charge >= 0.3 is 11.9 Å². The molecule has 0 unspecified atom stereocenters. The zero-order valence-corrected chi connectivity index (χ0v) is 19.5. The molecule has 2 aromatic rings. The molecule has 0 radical (unpaired) electrons. The summed E-state index contributed by atoms with van der Waals surface area (Å²) in [6, 6.07) is 5.72. The molecule has 12 heteroatoms. The van der Waals surface area contributed by atoms with Crippen molar-refractivity contribution < 1.29 is 43.5 Å². The van der Waals surface area contributed by atoms with Crippen LogP contribution >= 0.6 is 0 Å². The zero-order chi connectivity index (χ0) is 25.7. The first-order valence-corrected chi connectivity index (χ1v) is 9.79. The van der Waals surface area contributed by atoms with Gasteiger partial charge in [-0.15, -0.1) is 0 Å². The van der Waals surface area contributed by atoms with Crippen LogP contribution in [0, 0.1) is 13.8 Å². The van der Waals surface area contributed by atoms with Crippen LogP contribution in [0.25, 0.3) is 10.4 Å². The maximum Gasteiger partial charge on any atom is 0.341 e. The minimum atomic E-state index is -0.616. The van der Waals surface area contributed by atoms with Gasteiger partial charge in [-0.3, -0.25) is 0 Å². The molecule has 0 aromatic heterocycles. The first-order chi connectivity index (χ1) is 16.2. The van der Waals surface area contributed by atoms with Crippen LogP contribution in [-0.2, 0) is 14.2 Å². The van der Waals surface area contributed by atoms with E-state index < -0.39 is 11.9 Å². The number of aryl methyl sites for hydroxylation is 2. The molecule has 184 valence electrons. The second-order valence-corrected chi connectivity index (χ2v) is 6.61. The molecule has 0 amide bonds. The van der Waals surface area contributed by atoms with Crippen molar-refractivity contribution >= 4 is 11.9 Å². The number of ether oxygens (including phenoxy) is 5. The van der Waals surface area contributed by atoms with Crippen molar-refractivity contribution in [3.63, 3.8) is 0 Å². The molecule has 0 spiro atoms. The number of hydrogen-bond acceptors (Lipinski definition) is 10. The van der Waals surface area contributed by atoms with E-state index in [0.29, 0.717) is 28.2 Å². The van der Waals surface area contributed by atoms with Gasteiger partial charge in [0.15, 0.2) is 6.79 Å². The lowest BCUT2D eigenvalue weighted by molar-refractivity contribution is 0.0462. The fraction of sp³-hybridized carbons (Fsp3) is 0.364. The van der Waals surface area contributed by atoms with Gasteiger partial charge in [0.1, 0.15) is 34.1 Å². The van der Waals surface area contributed by atoms with Crippen molar-refractivity contribution in [2.45, 2.75) is 13.8 Å². The lowest BCUT2D eigenvalue weighted by Crippen LogP contribution is -2.10. The Morgan fingerprint density at radius 1 is 0.941 bits per heavy atom. The van der Waals surface area contributed by atoms with E-state index in [4.69, 9.17) is 29.6 Å². The Morgan fingerprint density at radius 3 is 2.12 bits per heavy atom. The van der Waals surface area contributed by atoms with Crippen LogP contribution in [0.5, 0.6) is 23.0 Å². The summed E-state index contributed by atoms with van der Waals surface area (Å²) in [6.07, 6.45) is 0. The van der Waals surface area contributed by atoms with Crippen LogP contribution < -0.4 is 9.47 Å². The molecule has 2 N–H and O–H groups in total. The minimum absolute atomic E-state index is 0.00832. The molecule has 2 rings (SSSR count). The lowest BCUT2D eigenvalue weighted by atomic mass is 10.1. The highest BCUT2D eigenvalue weighted by Gasteiger charge is 2.18. The molecule has 12 nitrogen and oxygen atoms in total. The van der Waals surface area contributed by atoms with E-state index in [1.165, 1.54) is 27.4 Å². The standard InChI is InChI=1S/C13H17N3O5.C9H10O4/c1-9-6-10(20-5-4-15-16-14)7-11(21-8-18-2)12(9)13(17)19-3;1-5-3-6(10)4-7(11)8(5)9(12)13-2/h6-7H,4-5,8H2,1-3H3;3-4,10-11H,1-2H3. The number of azide groups is 1. The maximum absolute atomic E-state index is 11.8. The van der Waals surface area contributed by atoms with Crippen molar-refractivity contribution in [3.05, 3.63) is 57.0 Å². The van der Waals surface area contributed by atoms with E-state index in [2.05, 4.69) is 14.8 Å². The molecule has 0 heterocycles. The highest BCUT2D eigenvalue weighted by atomic mass is 16.7. The third-order valence-electron chi connectivity index (χ3n) is 4.21. The Labute approximate surface area is 196 Å². The van der Waals surface area contributed by atoms with Gasteiger partial charge in [0.25, 0.3) is 0 Å². The molecule has 0 fully saturated rings. The molecule has 0 aliphatic heterocycles. The van der Waals surface area contributed by atoms with E-state index in [9.17, 15) is 14.7 Å². The monoisotopic (exact) mass is 477 g/mol. The number of phenols is 2. The highest BCUT2D eigenvalue weighted by Crippen LogP contribution is 2.30. The van der Waals surface area contributed by atoms with Crippen LogP contribution in [0.4, 0.5) is 0 Å². The van der Waals surface area contributed by atoms with Gasteiger partial charge in [-0.2, -0.15) is 0 Å². The average Bonchev–Trinajstić information content (AvgIpc) is 2.79. The zero-order valence-electron chi connectivity index (χ0n) is 19.5. The lowest BCUT2D eigenvalue weighted by Gasteiger charge is -2.14. The van der Waals surface area contributed by atoms with Crippen LogP contribution in [-0.4, -0.2) is 63.4 Å². The third kappa shape index (κ3) is 8.08. The van der Waals surface area contributed by atoms with E-state index >= 15 is 0 Å². The second kappa shape index (κ2) is 14.1. The summed E-state index contributed by atoms with van der Waals surface area (Å²) in [7, 11) is 4.01. The molecule has 0 atom stereocenters. The molecule has 0 bridgehead atoms. The van der Waals surface area contributed by atoms with Gasteiger partial charge in [0.2, 0.25) is 0 Å². The topological polar surface area (TPSA) is 170 Å². The number of carbonyl (C=O) groups excluding carboxylic acids is 2. The first kappa shape index (κ1) is 27.9. The van der Waals surface area contributed by atoms with Gasteiger partial charge in [-0.05, 0) is 42.6 Å². The van der Waals surface area contributed by atoms with Crippen molar-refractivity contribution in [2.75, 3.05) is 41.3 Å². The summed E-state index contributed by atoms with van der Waals surface area (Å²) in [5.41, 5.74) is 9.71. The smallest absolute Gasteiger partial charge is 0.341 e. The normalized spacial score (nSPS) is 9.68. The highest BCUT2D eigenvalue weighted by molar-refractivity contribution is 5.94. The van der Waals surface area contributed by atoms with Crippen LogP contribution in [0.1, 0.15) is 31.8 Å². The summed E-state index contributed by atoms with van der Waals surface area (Å²) in [4.78, 5) is 25.5. The summed E-state index contributed by atoms with van der Waals surface area (Å²) in [5, 5.41) is 21.7. The van der Waals surface area contributed by atoms with Crippen LogP contribution in [0.15, 0.2) is 29.4 Å². The number of benzene rings is 2. The van der Waals surface area contributed by atoms with E-state index in [0.717, 1.165) is 6.07 Å². The third-order valence-corrected chi connectivity index (χ3v) is 4.21. The fourth-order valence-corrected chi connectivity index (χ4v) is 2.77. The molecule has 0 saturated heterocycles. The second-order valence-electron chi connectivity index (χ2n) is 6.61. The number of aromatic hydroxyl groups is 2. The Hall–Kier alpha value is -4.15. The first-order valence-electron chi connectivity index (χ1n) is 9.79. The molecule has 0 aliphatic carbocycles. The summed E-state index contributed by atoms with van der Waals surface area (Å²) in [6.45, 7) is 3.77. The number of rotatable bonds is 9. The largest absolute Gasteiger partial charge is 0.508 e. The Kier molecular flexibility index (Phi) is 11.6. The summed E-state index contributed by atoms with van der Waals surface area (Å²) in [5.74, 6) is -0.664. The predicted molar refractivity (Wildman–Crippen MR) is 120 cm³/mol. The molecular formula is C22H27N3O9. The van der Waals surface area contributed by atoms with Crippen molar-refractivity contribution in [3.8, 4) is 23.0 Å². The van der Waals surface area contributed by atoms with Crippen LogP contribution in [0.3, 0.4) is 0 Å². The van der Waals surface area contributed by atoms with Gasteiger partial charge in [-0.25, -0.2) is 9.59 Å². The van der Waals surface area contributed by atoms with Crippen molar-refractivity contribution in [2.24, 2.45) is 5.11 Å². The number of nitrogens with zero attached hydrogens (tertiary/aromatic N) is 3. The Morgan fingerprint density at radius 2 is 1.56 bits per heavy atom. The van der Waals surface area contributed by atoms with Crippen LogP contribution in [0.2, 0.25) is 0 Å². The van der Waals surface area contributed by atoms with Gasteiger partial charge in [0, 0.05) is 24.2 Å². The van der Waals surface area contributed by atoms with Crippen molar-refractivity contribution in [1.29, 1.82) is 0 Å². The molecule has 0 saturated carbocycles. The SMILES string of the molecule is COC(=O)c1c(C)cc(O)cc1O.COCOc1cc(OCCN=[N+]=[N-])cc(C)c1C(=O)OC. The van der Waals surface area contributed by atoms with Gasteiger partial charge < -0.3 is 33.9 Å². The molecular weight excluding hydrogens is 450 g/mol. The predicted octanol–water partition coefficient (Wildman–Crippen LogP) is 3.65. The quantitative estimate of drug-likeness (QED) is 0.137. The molecule has 34 heavy (non-hydrogen) atoms. The van der Waals surface area contributed by atoms with E-state index in [-0.39, 0.29) is 37.0 Å². The number of carbonyl (C=O) groups is 2. The summed E-state index contributed by atoms with van der Waals surface area (Å²) >= 11 is 0.